The topological polar surface area (TPSA) is 61.7 Å². The Bertz CT molecular complexity index is 707. The van der Waals surface area contributed by atoms with Crippen LogP contribution >= 0.6 is 0 Å². The average Bonchev–Trinajstić information content (AvgIpc) is 3.40. The van der Waals surface area contributed by atoms with E-state index in [1.165, 1.54) is 31.7 Å². The predicted octanol–water partition coefficient (Wildman–Crippen LogP) is -0.323. The maximum Gasteiger partial charge on any atom is 0.209 e. The van der Waals surface area contributed by atoms with Gasteiger partial charge in [-0.3, -0.25) is 0 Å². The minimum atomic E-state index is 0.270. The number of nitrogens with one attached hydrogen (secondary N) is 2. The van der Waals surface area contributed by atoms with Crippen molar-refractivity contribution in [3.8, 4) is 0 Å². The zero-order valence-electron chi connectivity index (χ0n) is 17.0. The summed E-state index contributed by atoms with van der Waals surface area (Å²) >= 11 is 0. The number of benzene rings is 1. The van der Waals surface area contributed by atoms with Gasteiger partial charge in [-0.25, -0.2) is 4.68 Å². The number of aromatic nitrogens is 4. The molecular weight excluding hydrogens is 352 g/mol. The largest absolute Gasteiger partial charge is 0.376 e. The highest BCUT2D eigenvalue weighted by molar-refractivity contribution is 5.13. The normalized spacial score (nSPS) is 26.4. The number of rotatable bonds is 8. The van der Waals surface area contributed by atoms with E-state index in [1.807, 2.05) is 4.68 Å². The number of nitrogens with zero attached hydrogens (tertiary/aromatic N) is 4. The van der Waals surface area contributed by atoms with Gasteiger partial charge < -0.3 is 14.5 Å². The first-order chi connectivity index (χ1) is 13.8. The first-order valence-electron chi connectivity index (χ1n) is 10.9. The first-order valence-corrected chi connectivity index (χ1v) is 10.9. The zero-order chi connectivity index (χ0) is 19.2. The molecule has 2 atom stereocenters. The predicted molar refractivity (Wildman–Crippen MR) is 106 cm³/mol. The van der Waals surface area contributed by atoms with Gasteiger partial charge in [0.2, 0.25) is 5.82 Å². The first kappa shape index (κ1) is 19.5. The Hall–Kier alpha value is -1.83. The number of hydrogen-bond acceptors (Lipinski definition) is 4. The Balaban J connectivity index is 1.38. The highest BCUT2D eigenvalue weighted by Crippen LogP contribution is 2.17. The van der Waals surface area contributed by atoms with Crippen molar-refractivity contribution in [2.75, 3.05) is 32.8 Å². The van der Waals surface area contributed by atoms with Crippen LogP contribution in [0.3, 0.4) is 0 Å². The van der Waals surface area contributed by atoms with Gasteiger partial charge in [-0.2, -0.15) is 0 Å². The second-order valence-corrected chi connectivity index (χ2v) is 8.27. The minimum absolute atomic E-state index is 0.270. The molecule has 0 aliphatic carbocycles. The van der Waals surface area contributed by atoms with Gasteiger partial charge in [0.05, 0.1) is 12.6 Å². The lowest BCUT2D eigenvalue weighted by atomic mass is 10.1. The maximum atomic E-state index is 5.81. The lowest BCUT2D eigenvalue weighted by Crippen LogP contribution is -3.27. The van der Waals surface area contributed by atoms with E-state index in [9.17, 15) is 0 Å². The van der Waals surface area contributed by atoms with Crippen molar-refractivity contribution in [2.45, 2.75) is 57.8 Å². The molecule has 2 aromatic rings. The summed E-state index contributed by atoms with van der Waals surface area (Å²) in [5, 5.41) is 12.8. The van der Waals surface area contributed by atoms with Crippen LogP contribution in [0, 0.1) is 0 Å². The molecule has 152 valence electrons. The van der Waals surface area contributed by atoms with Gasteiger partial charge in [0.15, 0.2) is 0 Å². The van der Waals surface area contributed by atoms with E-state index in [0.29, 0.717) is 6.04 Å². The van der Waals surface area contributed by atoms with Gasteiger partial charge in [0, 0.05) is 18.6 Å². The van der Waals surface area contributed by atoms with Gasteiger partial charge in [0.1, 0.15) is 38.8 Å². The summed E-state index contributed by atoms with van der Waals surface area (Å²) < 4.78 is 7.83. The quantitative estimate of drug-likeness (QED) is 0.653. The molecular formula is C21H34N6O+2. The summed E-state index contributed by atoms with van der Waals surface area (Å²) in [5.74, 6) is 1.05. The van der Waals surface area contributed by atoms with Crippen molar-refractivity contribution in [3.63, 3.8) is 0 Å². The number of ether oxygens (including phenoxy) is 1. The number of tetrazole rings is 1. The fourth-order valence-corrected chi connectivity index (χ4v) is 4.71. The molecule has 4 rings (SSSR count). The lowest BCUT2D eigenvalue weighted by molar-refractivity contribution is -1.03. The Morgan fingerprint density at radius 2 is 2.00 bits per heavy atom. The van der Waals surface area contributed by atoms with E-state index >= 15 is 0 Å². The molecule has 2 fully saturated rings. The highest BCUT2D eigenvalue weighted by atomic mass is 16.5. The third-order valence-electron chi connectivity index (χ3n) is 6.24. The molecule has 2 saturated heterocycles. The molecule has 0 amide bonds. The van der Waals surface area contributed by atoms with Crippen LogP contribution in [0.25, 0.3) is 0 Å². The molecule has 0 bridgehead atoms. The van der Waals surface area contributed by atoms with Crippen LogP contribution in [0.2, 0.25) is 0 Å². The second-order valence-electron chi connectivity index (χ2n) is 8.27. The van der Waals surface area contributed by atoms with Crippen LogP contribution in [0.5, 0.6) is 0 Å². The van der Waals surface area contributed by atoms with Crippen molar-refractivity contribution < 1.29 is 14.5 Å². The van der Waals surface area contributed by atoms with Crippen molar-refractivity contribution >= 4 is 0 Å². The Labute approximate surface area is 167 Å². The van der Waals surface area contributed by atoms with E-state index in [0.717, 1.165) is 51.2 Å². The van der Waals surface area contributed by atoms with E-state index in [-0.39, 0.29) is 6.10 Å². The molecule has 1 aromatic carbocycles. The third kappa shape index (κ3) is 4.77. The van der Waals surface area contributed by atoms with E-state index < -0.39 is 0 Å². The fraction of sp³-hybridized carbons (Fsp3) is 0.667. The number of quaternary nitrogens is 2. The van der Waals surface area contributed by atoms with Crippen LogP contribution in [0.15, 0.2) is 30.3 Å². The van der Waals surface area contributed by atoms with Crippen LogP contribution in [0.4, 0.5) is 0 Å². The standard InChI is InChI=1S/C21H32N6O/c1-2-7-20(21-22-23-24-27(21)17-19-10-6-15-28-19)26-13-11-25(12-14-26)16-18-8-4-3-5-9-18/h3-5,8-9,19-20H,2,6-7,10-17H2,1H3/p+2/t19-,20+/m0/s1. The molecule has 0 unspecified atom stereocenters. The molecule has 0 radical (unpaired) electrons. The van der Waals surface area contributed by atoms with E-state index in [4.69, 9.17) is 4.74 Å². The molecule has 3 heterocycles. The van der Waals surface area contributed by atoms with Gasteiger partial charge in [0.25, 0.3) is 0 Å². The van der Waals surface area contributed by atoms with Crippen LogP contribution in [-0.2, 0) is 17.8 Å². The Kier molecular flexibility index (Phi) is 6.67. The molecule has 28 heavy (non-hydrogen) atoms. The van der Waals surface area contributed by atoms with Crippen molar-refractivity contribution in [1.29, 1.82) is 0 Å². The molecule has 0 saturated carbocycles. The Morgan fingerprint density at radius 1 is 1.18 bits per heavy atom. The molecule has 7 heteroatoms. The summed E-state index contributed by atoms with van der Waals surface area (Å²) in [4.78, 5) is 3.33. The number of piperazine rings is 1. The van der Waals surface area contributed by atoms with Gasteiger partial charge in [-0.05, 0) is 23.3 Å². The third-order valence-corrected chi connectivity index (χ3v) is 6.24. The summed E-state index contributed by atoms with van der Waals surface area (Å²) in [6.45, 7) is 9.83. The molecule has 2 aliphatic rings. The minimum Gasteiger partial charge on any atom is -0.376 e. The molecule has 2 aliphatic heterocycles. The van der Waals surface area contributed by atoms with Crippen molar-refractivity contribution in [2.24, 2.45) is 0 Å². The molecule has 1 aromatic heterocycles. The van der Waals surface area contributed by atoms with Gasteiger partial charge in [-0.1, -0.05) is 43.7 Å². The highest BCUT2D eigenvalue weighted by Gasteiger charge is 2.34. The van der Waals surface area contributed by atoms with E-state index in [1.54, 1.807) is 9.80 Å². The van der Waals surface area contributed by atoms with E-state index in [2.05, 4.69) is 52.8 Å². The van der Waals surface area contributed by atoms with Crippen molar-refractivity contribution in [3.05, 3.63) is 41.7 Å². The SMILES string of the molecule is CCC[C@H](c1nnnn1C[C@@H]1CCCO1)[NH+]1CC[NH+](Cc2ccccc2)CC1. The number of hydrogen-bond donors (Lipinski definition) is 2. The molecule has 7 nitrogen and oxygen atoms in total. The Morgan fingerprint density at radius 3 is 2.71 bits per heavy atom. The van der Waals surface area contributed by atoms with Gasteiger partial charge in [-0.15, -0.1) is 5.10 Å². The summed E-state index contributed by atoms with van der Waals surface area (Å²) in [7, 11) is 0. The lowest BCUT2D eigenvalue weighted by Gasteiger charge is -2.34. The summed E-state index contributed by atoms with van der Waals surface area (Å²) in [6, 6.07) is 11.2. The molecule has 0 spiro atoms. The summed E-state index contributed by atoms with van der Waals surface area (Å²) in [5.41, 5.74) is 1.44. The molecule has 2 N–H and O–H groups in total. The monoisotopic (exact) mass is 386 g/mol. The summed E-state index contributed by atoms with van der Waals surface area (Å²) in [6.07, 6.45) is 4.83. The van der Waals surface area contributed by atoms with Gasteiger partial charge >= 0.3 is 0 Å². The van der Waals surface area contributed by atoms with Crippen LogP contribution in [0.1, 0.15) is 50.0 Å². The second kappa shape index (κ2) is 9.58. The van der Waals surface area contributed by atoms with Crippen LogP contribution < -0.4 is 9.80 Å². The fourth-order valence-electron chi connectivity index (χ4n) is 4.71. The van der Waals surface area contributed by atoms with Crippen LogP contribution in [-0.4, -0.2) is 59.1 Å². The average molecular weight is 387 g/mol. The zero-order valence-corrected chi connectivity index (χ0v) is 17.0. The van der Waals surface area contributed by atoms with Crippen molar-refractivity contribution in [1.82, 2.24) is 20.2 Å². The smallest absolute Gasteiger partial charge is 0.209 e. The maximum absolute atomic E-state index is 5.81.